The molecule has 0 unspecified atom stereocenters. The number of halogens is 2. The van der Waals surface area contributed by atoms with Crippen molar-refractivity contribution in [1.29, 1.82) is 0 Å². The smallest absolute Gasteiger partial charge is 0.343 e. The maximum atomic E-state index is 13.9. The number of hydrogen-bond acceptors (Lipinski definition) is 14. The molecule has 0 spiro atoms. The van der Waals surface area contributed by atoms with E-state index in [0.717, 1.165) is 5.56 Å². The molecule has 266 valence electrons. The summed E-state index contributed by atoms with van der Waals surface area (Å²) in [7, 11) is -6.85. The molecular weight excluding hydrogens is 709 g/mol. The Morgan fingerprint density at radius 2 is 1.62 bits per heavy atom. The molecule has 0 bridgehead atoms. The van der Waals surface area contributed by atoms with Gasteiger partial charge in [-0.1, -0.05) is 35.0 Å². The van der Waals surface area contributed by atoms with E-state index in [4.69, 9.17) is 55.5 Å². The summed E-state index contributed by atoms with van der Waals surface area (Å²) in [6, 6.07) is 7.40. The first-order chi connectivity index (χ1) is 22.2. The Balaban J connectivity index is 1.38. The zero-order valence-electron chi connectivity index (χ0n) is 28.3. The molecule has 0 saturated carbocycles. The molecule has 0 aliphatic carbocycles. The van der Waals surface area contributed by atoms with Crippen molar-refractivity contribution in [2.24, 2.45) is 0 Å². The second-order valence-corrected chi connectivity index (χ2v) is 19.2. The molecular formula is C29H42Cl2N6O9P2. The third-order valence-corrected chi connectivity index (χ3v) is 13.0. The number of benzene rings is 1. The van der Waals surface area contributed by atoms with Gasteiger partial charge in [0.2, 0.25) is 5.28 Å². The topological polar surface area (TPSA) is 167 Å². The molecule has 2 aromatic heterocycles. The fraction of sp³-hybridized carbons (Fsp3) is 0.655. The van der Waals surface area contributed by atoms with Gasteiger partial charge < -0.3 is 37.6 Å². The molecule has 1 N–H and O–H groups in total. The van der Waals surface area contributed by atoms with Crippen molar-refractivity contribution in [3.8, 4) is 0 Å². The second-order valence-electron chi connectivity index (χ2n) is 13.9. The van der Waals surface area contributed by atoms with Crippen LogP contribution < -0.4 is 5.32 Å². The van der Waals surface area contributed by atoms with E-state index in [1.54, 1.807) is 61.5 Å². The number of anilines is 1. The molecule has 3 aromatic rings. The highest BCUT2D eigenvalue weighted by Crippen LogP contribution is 2.66. The van der Waals surface area contributed by atoms with Crippen LogP contribution >= 0.6 is 38.4 Å². The Morgan fingerprint density at radius 3 is 2.25 bits per heavy atom. The van der Waals surface area contributed by atoms with Crippen LogP contribution in [0.3, 0.4) is 0 Å². The van der Waals surface area contributed by atoms with Gasteiger partial charge in [-0.25, -0.2) is 0 Å². The normalized spacial score (nSPS) is 24.1. The van der Waals surface area contributed by atoms with Crippen molar-refractivity contribution in [3.63, 3.8) is 0 Å². The molecule has 48 heavy (non-hydrogen) atoms. The lowest BCUT2D eigenvalue weighted by atomic mass is 10.1. The molecule has 2 aliphatic heterocycles. The van der Waals surface area contributed by atoms with E-state index in [0.29, 0.717) is 22.9 Å². The SMILES string of the molecule is CO[P@@](=O)(CP(=O)(OC(C)(C)C)OC(C)(C)C)OC[C@H]1O[C@@H](n2nnc3c(NCc4ccccc4Cl)nc(Cl)nc32)[C@@H]2OC(C)(C)O[C@@H]21. The van der Waals surface area contributed by atoms with E-state index in [-0.39, 0.29) is 17.5 Å². The van der Waals surface area contributed by atoms with Crippen molar-refractivity contribution in [3.05, 3.63) is 40.1 Å². The summed E-state index contributed by atoms with van der Waals surface area (Å²) in [5, 5.41) is 12.4. The highest BCUT2D eigenvalue weighted by molar-refractivity contribution is 7.71. The Hall–Kier alpha value is -1.74. The third-order valence-electron chi connectivity index (χ3n) is 6.95. The Kier molecular flexibility index (Phi) is 10.8. The van der Waals surface area contributed by atoms with Gasteiger partial charge in [-0.05, 0) is 78.6 Å². The first-order valence-electron chi connectivity index (χ1n) is 15.3. The largest absolute Gasteiger partial charge is 0.364 e. The van der Waals surface area contributed by atoms with E-state index in [2.05, 4.69) is 25.6 Å². The Bertz CT molecular complexity index is 1710. The summed E-state index contributed by atoms with van der Waals surface area (Å²) in [5.74, 6) is -1.28. The molecule has 4 heterocycles. The minimum Gasteiger partial charge on any atom is -0.364 e. The summed E-state index contributed by atoms with van der Waals surface area (Å²) >= 11 is 12.7. The van der Waals surface area contributed by atoms with E-state index in [1.165, 1.54) is 11.8 Å². The van der Waals surface area contributed by atoms with Gasteiger partial charge in [-0.15, -0.1) is 5.10 Å². The van der Waals surface area contributed by atoms with Gasteiger partial charge in [-0.2, -0.15) is 14.6 Å². The summed E-state index contributed by atoms with van der Waals surface area (Å²) in [5.41, 5.74) is -0.283. The van der Waals surface area contributed by atoms with Gasteiger partial charge in [0.05, 0.1) is 17.8 Å². The Morgan fingerprint density at radius 1 is 0.979 bits per heavy atom. The first-order valence-corrected chi connectivity index (χ1v) is 19.5. The van der Waals surface area contributed by atoms with E-state index in [9.17, 15) is 9.13 Å². The van der Waals surface area contributed by atoms with Crippen molar-refractivity contribution >= 4 is 55.4 Å². The van der Waals surface area contributed by atoms with Gasteiger partial charge in [0, 0.05) is 18.7 Å². The van der Waals surface area contributed by atoms with E-state index in [1.807, 2.05) is 18.2 Å². The van der Waals surface area contributed by atoms with Crippen LogP contribution in [0.1, 0.15) is 67.2 Å². The van der Waals surface area contributed by atoms with Gasteiger partial charge in [-0.3, -0.25) is 9.13 Å². The van der Waals surface area contributed by atoms with Crippen molar-refractivity contribution in [2.75, 3.05) is 24.9 Å². The van der Waals surface area contributed by atoms with Gasteiger partial charge in [0.15, 0.2) is 34.9 Å². The Labute approximate surface area is 289 Å². The van der Waals surface area contributed by atoms with Gasteiger partial charge in [0.25, 0.3) is 0 Å². The molecule has 0 amide bonds. The summed E-state index contributed by atoms with van der Waals surface area (Å²) < 4.78 is 70.9. The maximum Gasteiger partial charge on any atom is 0.343 e. The molecule has 2 fully saturated rings. The number of hydrogen-bond donors (Lipinski definition) is 1. The lowest BCUT2D eigenvalue weighted by Crippen LogP contribution is -2.33. The highest BCUT2D eigenvalue weighted by Gasteiger charge is 2.57. The van der Waals surface area contributed by atoms with Crippen LogP contribution in [0, 0.1) is 0 Å². The third kappa shape index (κ3) is 8.94. The average molecular weight is 752 g/mol. The lowest BCUT2D eigenvalue weighted by Gasteiger charge is -2.33. The molecule has 15 nitrogen and oxygen atoms in total. The summed E-state index contributed by atoms with van der Waals surface area (Å²) in [6.07, 6.45) is -3.12. The quantitative estimate of drug-likeness (QED) is 0.146. The predicted octanol–water partition coefficient (Wildman–Crippen LogP) is 7.19. The molecule has 5 atom stereocenters. The lowest BCUT2D eigenvalue weighted by molar-refractivity contribution is -0.200. The van der Waals surface area contributed by atoms with Crippen LogP contribution in [0.15, 0.2) is 24.3 Å². The van der Waals surface area contributed by atoms with Crippen LogP contribution in [0.25, 0.3) is 11.2 Å². The minimum absolute atomic E-state index is 0.0496. The van der Waals surface area contributed by atoms with E-state index >= 15 is 0 Å². The van der Waals surface area contributed by atoms with Gasteiger partial charge in [0.1, 0.15) is 18.3 Å². The molecule has 19 heteroatoms. The van der Waals surface area contributed by atoms with Crippen LogP contribution in [0.2, 0.25) is 10.3 Å². The second kappa shape index (κ2) is 13.8. The summed E-state index contributed by atoms with van der Waals surface area (Å²) in [4.78, 5) is 8.69. The zero-order chi connectivity index (χ0) is 35.3. The number of nitrogens with zero attached hydrogens (tertiary/aromatic N) is 5. The highest BCUT2D eigenvalue weighted by atomic mass is 35.5. The predicted molar refractivity (Wildman–Crippen MR) is 179 cm³/mol. The fourth-order valence-electron chi connectivity index (χ4n) is 5.37. The monoisotopic (exact) mass is 750 g/mol. The molecule has 2 saturated heterocycles. The van der Waals surface area contributed by atoms with E-state index < -0.39 is 62.6 Å². The fourth-order valence-corrected chi connectivity index (χ4v) is 10.9. The van der Waals surface area contributed by atoms with Crippen LogP contribution in [0.4, 0.5) is 5.82 Å². The zero-order valence-corrected chi connectivity index (χ0v) is 31.6. The molecule has 2 aliphatic rings. The number of nitrogens with one attached hydrogen (secondary N) is 1. The minimum atomic E-state index is -4.06. The van der Waals surface area contributed by atoms with Gasteiger partial charge >= 0.3 is 15.2 Å². The molecule has 5 rings (SSSR count). The summed E-state index contributed by atoms with van der Waals surface area (Å²) in [6.45, 7) is 13.9. The number of aromatic nitrogens is 5. The first kappa shape index (κ1) is 37.5. The average Bonchev–Trinajstić information content (AvgIpc) is 3.59. The van der Waals surface area contributed by atoms with Crippen molar-refractivity contribution in [1.82, 2.24) is 25.0 Å². The maximum absolute atomic E-state index is 13.9. The number of ether oxygens (including phenoxy) is 3. The standard InChI is InChI=1S/C29H42Cl2N6O9P2/c1-27(2,3)45-48(39,46-28(4,5)6)16-47(38,40-9)41-15-19-21-22(44-29(7,8)43-21)25(42-19)37-24-20(35-36-37)23(33-26(31)34-24)32-14-17-12-10-11-13-18(17)30/h10-13,19,21-22,25H,14-16H2,1-9H3,(H,32,33,34)/t19-,21-,22-,25-,47+/m1/s1. The molecule has 0 radical (unpaired) electrons. The van der Waals surface area contributed by atoms with Crippen molar-refractivity contribution < 1.29 is 41.4 Å². The van der Waals surface area contributed by atoms with Crippen LogP contribution in [0.5, 0.6) is 0 Å². The molecule has 1 aromatic carbocycles. The van der Waals surface area contributed by atoms with Crippen LogP contribution in [-0.2, 0) is 48.0 Å². The number of fused-ring (bicyclic) bond motifs is 2. The van der Waals surface area contributed by atoms with Crippen molar-refractivity contribution in [2.45, 2.75) is 103 Å². The van der Waals surface area contributed by atoms with Crippen LogP contribution in [-0.4, -0.2) is 79.9 Å². The number of rotatable bonds is 12.